The summed E-state index contributed by atoms with van der Waals surface area (Å²) >= 11 is 0. The van der Waals surface area contributed by atoms with Crippen molar-refractivity contribution in [1.82, 2.24) is 10.3 Å². The molecule has 0 aliphatic heterocycles. The van der Waals surface area contributed by atoms with Gasteiger partial charge in [0.2, 0.25) is 0 Å². The van der Waals surface area contributed by atoms with E-state index in [0.717, 1.165) is 5.56 Å². The molecule has 112 valence electrons. The Bertz CT molecular complexity index is 443. The first kappa shape index (κ1) is 16.6. The van der Waals surface area contributed by atoms with E-state index >= 15 is 0 Å². The molecule has 0 aromatic carbocycles. The Morgan fingerprint density at radius 1 is 1.50 bits per heavy atom. The Labute approximate surface area is 120 Å². The molecule has 4 nitrogen and oxygen atoms in total. The quantitative estimate of drug-likeness (QED) is 0.751. The summed E-state index contributed by atoms with van der Waals surface area (Å²) in [5, 5.41) is 12.5. The van der Waals surface area contributed by atoms with Crippen LogP contribution in [-0.2, 0) is 6.54 Å². The Hall–Kier alpha value is -1.46. The number of pyridine rings is 1. The second-order valence-electron chi connectivity index (χ2n) is 5.70. The van der Waals surface area contributed by atoms with E-state index in [-0.39, 0.29) is 18.0 Å². The molecular formula is C15H24FN3O. The molecule has 0 aliphatic rings. The van der Waals surface area contributed by atoms with Crippen molar-refractivity contribution in [3.05, 3.63) is 36.3 Å². The van der Waals surface area contributed by atoms with Gasteiger partial charge in [0.1, 0.15) is 11.6 Å². The van der Waals surface area contributed by atoms with E-state index in [9.17, 15) is 4.39 Å². The minimum atomic E-state index is -0.359. The SMILES string of the molecule is C=CCN(CCO)c1ncc(F)cc1CNC(C)(C)C. The van der Waals surface area contributed by atoms with Gasteiger partial charge < -0.3 is 15.3 Å². The zero-order valence-corrected chi connectivity index (χ0v) is 12.5. The third-order valence-corrected chi connectivity index (χ3v) is 2.74. The molecule has 0 atom stereocenters. The van der Waals surface area contributed by atoms with E-state index in [1.165, 1.54) is 12.3 Å². The smallest absolute Gasteiger partial charge is 0.141 e. The van der Waals surface area contributed by atoms with Gasteiger partial charge in [-0.25, -0.2) is 9.37 Å². The lowest BCUT2D eigenvalue weighted by atomic mass is 10.1. The predicted octanol–water partition coefficient (Wildman–Crippen LogP) is 2.09. The molecule has 0 fully saturated rings. The van der Waals surface area contributed by atoms with Crippen molar-refractivity contribution in [2.45, 2.75) is 32.9 Å². The number of aromatic nitrogens is 1. The van der Waals surface area contributed by atoms with Gasteiger partial charge in [-0.1, -0.05) is 6.08 Å². The molecule has 1 heterocycles. The summed E-state index contributed by atoms with van der Waals surface area (Å²) in [6, 6.07) is 1.48. The maximum Gasteiger partial charge on any atom is 0.141 e. The summed E-state index contributed by atoms with van der Waals surface area (Å²) < 4.78 is 13.4. The summed E-state index contributed by atoms with van der Waals surface area (Å²) in [7, 11) is 0. The molecule has 0 aliphatic carbocycles. The van der Waals surface area contributed by atoms with Crippen LogP contribution >= 0.6 is 0 Å². The van der Waals surface area contributed by atoms with E-state index in [4.69, 9.17) is 5.11 Å². The normalized spacial score (nSPS) is 11.4. The lowest BCUT2D eigenvalue weighted by molar-refractivity contribution is 0.302. The van der Waals surface area contributed by atoms with Crippen LogP contribution in [0.5, 0.6) is 0 Å². The molecule has 0 radical (unpaired) electrons. The number of nitrogens with zero attached hydrogens (tertiary/aromatic N) is 2. The summed E-state index contributed by atoms with van der Waals surface area (Å²) in [6.45, 7) is 11.4. The number of hydrogen-bond donors (Lipinski definition) is 2. The number of nitrogens with one attached hydrogen (secondary N) is 1. The fraction of sp³-hybridized carbons (Fsp3) is 0.533. The van der Waals surface area contributed by atoms with Crippen molar-refractivity contribution in [3.8, 4) is 0 Å². The molecule has 20 heavy (non-hydrogen) atoms. The van der Waals surface area contributed by atoms with Gasteiger partial charge in [-0.3, -0.25) is 0 Å². The first-order valence-electron chi connectivity index (χ1n) is 6.73. The van der Waals surface area contributed by atoms with Gasteiger partial charge in [-0.15, -0.1) is 6.58 Å². The van der Waals surface area contributed by atoms with Gasteiger partial charge in [-0.05, 0) is 26.8 Å². The number of aliphatic hydroxyl groups is 1. The van der Waals surface area contributed by atoms with Crippen molar-refractivity contribution >= 4 is 5.82 Å². The average molecular weight is 281 g/mol. The van der Waals surface area contributed by atoms with Gasteiger partial charge >= 0.3 is 0 Å². The molecule has 1 aromatic rings. The Balaban J connectivity index is 3.01. The molecule has 0 bridgehead atoms. The third-order valence-electron chi connectivity index (χ3n) is 2.74. The topological polar surface area (TPSA) is 48.4 Å². The van der Waals surface area contributed by atoms with E-state index in [0.29, 0.717) is 25.5 Å². The highest BCUT2D eigenvalue weighted by Gasteiger charge is 2.15. The summed E-state index contributed by atoms with van der Waals surface area (Å²) in [6.07, 6.45) is 2.94. The van der Waals surface area contributed by atoms with E-state index in [1.54, 1.807) is 6.08 Å². The molecule has 0 amide bonds. The van der Waals surface area contributed by atoms with Crippen molar-refractivity contribution in [2.75, 3.05) is 24.6 Å². The third kappa shape index (κ3) is 5.27. The first-order valence-corrected chi connectivity index (χ1v) is 6.73. The van der Waals surface area contributed by atoms with Gasteiger partial charge in [0.15, 0.2) is 0 Å². The first-order chi connectivity index (χ1) is 9.37. The maximum atomic E-state index is 13.4. The average Bonchev–Trinajstić information content (AvgIpc) is 2.35. The second kappa shape index (κ2) is 7.36. The Morgan fingerprint density at radius 3 is 2.75 bits per heavy atom. The number of hydrogen-bond acceptors (Lipinski definition) is 4. The van der Waals surface area contributed by atoms with Crippen LogP contribution in [0.4, 0.5) is 10.2 Å². The molecule has 0 unspecified atom stereocenters. The van der Waals surface area contributed by atoms with E-state index < -0.39 is 0 Å². The van der Waals surface area contributed by atoms with Crippen LogP contribution < -0.4 is 10.2 Å². The predicted molar refractivity (Wildman–Crippen MR) is 80.3 cm³/mol. The van der Waals surface area contributed by atoms with E-state index in [2.05, 4.69) is 37.7 Å². The molecule has 1 rings (SSSR count). The van der Waals surface area contributed by atoms with Crippen LogP contribution in [0.15, 0.2) is 24.9 Å². The Kier molecular flexibility index (Phi) is 6.10. The zero-order chi connectivity index (χ0) is 15.2. The van der Waals surface area contributed by atoms with Gasteiger partial charge in [0.05, 0.1) is 12.8 Å². The van der Waals surface area contributed by atoms with Crippen LogP contribution in [-0.4, -0.2) is 35.3 Å². The number of rotatable bonds is 7. The summed E-state index contributed by atoms with van der Waals surface area (Å²) in [4.78, 5) is 6.05. The maximum absolute atomic E-state index is 13.4. The number of halogens is 1. The number of anilines is 1. The fourth-order valence-electron chi connectivity index (χ4n) is 1.81. The molecule has 0 saturated carbocycles. The van der Waals surface area contributed by atoms with Crippen molar-refractivity contribution < 1.29 is 9.50 Å². The monoisotopic (exact) mass is 281 g/mol. The molecular weight excluding hydrogens is 257 g/mol. The second-order valence-corrected chi connectivity index (χ2v) is 5.70. The van der Waals surface area contributed by atoms with Gasteiger partial charge in [0, 0.05) is 30.7 Å². The van der Waals surface area contributed by atoms with Crippen LogP contribution in [0.3, 0.4) is 0 Å². The van der Waals surface area contributed by atoms with Crippen molar-refractivity contribution in [3.63, 3.8) is 0 Å². The minimum absolute atomic E-state index is 0.0129. The minimum Gasteiger partial charge on any atom is -0.395 e. The number of aliphatic hydroxyl groups excluding tert-OH is 1. The highest BCUT2D eigenvalue weighted by molar-refractivity contribution is 5.47. The van der Waals surface area contributed by atoms with Crippen molar-refractivity contribution in [1.29, 1.82) is 0 Å². The lowest BCUT2D eigenvalue weighted by Crippen LogP contribution is -2.36. The van der Waals surface area contributed by atoms with Crippen LogP contribution in [0.1, 0.15) is 26.3 Å². The molecule has 0 saturated heterocycles. The zero-order valence-electron chi connectivity index (χ0n) is 12.5. The van der Waals surface area contributed by atoms with Gasteiger partial charge in [0.25, 0.3) is 0 Å². The summed E-state index contributed by atoms with van der Waals surface area (Å²) in [5.41, 5.74) is 0.708. The molecule has 0 spiro atoms. The largest absolute Gasteiger partial charge is 0.395 e. The van der Waals surface area contributed by atoms with Crippen LogP contribution in [0.25, 0.3) is 0 Å². The van der Waals surface area contributed by atoms with Crippen molar-refractivity contribution in [2.24, 2.45) is 0 Å². The fourth-order valence-corrected chi connectivity index (χ4v) is 1.81. The standard InChI is InChI=1S/C15H24FN3O/c1-5-6-19(7-8-20)14-12(9-13(16)11-17-14)10-18-15(2,3)4/h5,9,11,18,20H,1,6-8,10H2,2-4H3. The van der Waals surface area contributed by atoms with Crippen LogP contribution in [0.2, 0.25) is 0 Å². The molecule has 2 N–H and O–H groups in total. The highest BCUT2D eigenvalue weighted by Crippen LogP contribution is 2.19. The molecule has 5 heteroatoms. The summed E-state index contributed by atoms with van der Waals surface area (Å²) in [5.74, 6) is 0.319. The Morgan fingerprint density at radius 2 is 2.20 bits per heavy atom. The van der Waals surface area contributed by atoms with Crippen LogP contribution in [0, 0.1) is 5.82 Å². The highest BCUT2D eigenvalue weighted by atomic mass is 19.1. The molecule has 1 aromatic heterocycles. The lowest BCUT2D eigenvalue weighted by Gasteiger charge is -2.26. The van der Waals surface area contributed by atoms with Gasteiger partial charge in [-0.2, -0.15) is 0 Å². The van der Waals surface area contributed by atoms with E-state index in [1.807, 2.05) is 4.90 Å².